The van der Waals surface area contributed by atoms with Gasteiger partial charge in [-0.3, -0.25) is 0 Å². The number of alkyl halides is 3. The predicted octanol–water partition coefficient (Wildman–Crippen LogP) is 3.38. The molecule has 0 aliphatic rings. The zero-order chi connectivity index (χ0) is 13.8. The van der Waals surface area contributed by atoms with Crippen LogP contribution in [0.5, 0.6) is 0 Å². The molecule has 0 aromatic heterocycles. The predicted molar refractivity (Wildman–Crippen MR) is 64.0 cm³/mol. The highest BCUT2D eigenvalue weighted by Crippen LogP contribution is 2.30. The number of hydrogen-bond acceptors (Lipinski definition) is 2. The molecule has 0 heterocycles. The summed E-state index contributed by atoms with van der Waals surface area (Å²) in [4.78, 5) is 0. The summed E-state index contributed by atoms with van der Waals surface area (Å²) in [5.41, 5.74) is 6.01. The Morgan fingerprint density at radius 3 is 2.22 bits per heavy atom. The molecule has 2 atom stereocenters. The zero-order valence-electron chi connectivity index (χ0n) is 10.5. The van der Waals surface area contributed by atoms with Gasteiger partial charge < -0.3 is 10.5 Å². The third-order valence-electron chi connectivity index (χ3n) is 2.77. The van der Waals surface area contributed by atoms with Gasteiger partial charge in [0.05, 0.1) is 5.56 Å². The molecule has 2 nitrogen and oxygen atoms in total. The molecular weight excluding hydrogens is 243 g/mol. The van der Waals surface area contributed by atoms with E-state index in [4.69, 9.17) is 10.5 Å². The lowest BCUT2D eigenvalue weighted by Crippen LogP contribution is -2.17. The summed E-state index contributed by atoms with van der Waals surface area (Å²) in [6.45, 7) is 2.59. The Kier molecular flexibility index (Phi) is 5.16. The molecule has 1 rings (SSSR count). The maximum Gasteiger partial charge on any atom is 0.416 e. The van der Waals surface area contributed by atoms with Gasteiger partial charge in [-0.05, 0) is 30.0 Å². The van der Waals surface area contributed by atoms with Crippen molar-refractivity contribution in [3.8, 4) is 0 Å². The maximum atomic E-state index is 12.4. The van der Waals surface area contributed by atoms with E-state index < -0.39 is 11.7 Å². The first-order valence-electron chi connectivity index (χ1n) is 5.76. The quantitative estimate of drug-likeness (QED) is 0.881. The van der Waals surface area contributed by atoms with E-state index in [1.165, 1.54) is 12.1 Å². The summed E-state index contributed by atoms with van der Waals surface area (Å²) in [5, 5.41) is 0. The highest BCUT2D eigenvalue weighted by Gasteiger charge is 2.30. The molecule has 0 amide bonds. The van der Waals surface area contributed by atoms with E-state index in [2.05, 4.69) is 0 Å². The topological polar surface area (TPSA) is 35.2 Å². The highest BCUT2D eigenvalue weighted by molar-refractivity contribution is 5.26. The molecule has 0 aliphatic carbocycles. The van der Waals surface area contributed by atoms with E-state index in [9.17, 15) is 13.2 Å². The first-order chi connectivity index (χ1) is 8.34. The third kappa shape index (κ3) is 4.31. The number of hydrogen-bond donors (Lipinski definition) is 1. The van der Waals surface area contributed by atoms with Crippen LogP contribution in [0.25, 0.3) is 0 Å². The minimum atomic E-state index is -4.30. The minimum Gasteiger partial charge on any atom is -0.384 e. The Labute approximate surface area is 105 Å². The summed E-state index contributed by atoms with van der Waals surface area (Å²) in [6.07, 6.45) is -3.62. The molecule has 0 saturated carbocycles. The molecule has 1 aromatic carbocycles. The fourth-order valence-corrected chi connectivity index (χ4v) is 1.84. The average Bonchev–Trinajstić information content (AvgIpc) is 2.28. The summed E-state index contributed by atoms with van der Waals surface area (Å²) in [6, 6.07) is 4.74. The van der Waals surface area contributed by atoms with E-state index in [-0.39, 0.29) is 12.0 Å². The van der Waals surface area contributed by atoms with Gasteiger partial charge in [0, 0.05) is 19.8 Å². The fourth-order valence-electron chi connectivity index (χ4n) is 1.84. The van der Waals surface area contributed by atoms with Crippen LogP contribution in [-0.2, 0) is 10.9 Å². The molecule has 0 saturated heterocycles. The van der Waals surface area contributed by atoms with Crippen molar-refractivity contribution >= 4 is 0 Å². The second-order valence-electron chi connectivity index (χ2n) is 4.52. The van der Waals surface area contributed by atoms with Gasteiger partial charge in [0.1, 0.15) is 0 Å². The van der Waals surface area contributed by atoms with Gasteiger partial charge in [-0.2, -0.15) is 13.2 Å². The van der Waals surface area contributed by atoms with Crippen LogP contribution in [-0.4, -0.2) is 13.7 Å². The molecule has 0 fully saturated rings. The number of ether oxygens (including phenoxy) is 1. The monoisotopic (exact) mass is 261 g/mol. The van der Waals surface area contributed by atoms with E-state index >= 15 is 0 Å². The summed E-state index contributed by atoms with van der Waals surface area (Å²) < 4.78 is 42.2. The Bertz CT molecular complexity index is 361. The summed E-state index contributed by atoms with van der Waals surface area (Å²) in [7, 11) is 1.61. The van der Waals surface area contributed by atoms with E-state index in [1.807, 2.05) is 6.92 Å². The van der Waals surface area contributed by atoms with Crippen LogP contribution in [0.15, 0.2) is 24.3 Å². The molecule has 5 heteroatoms. The second kappa shape index (κ2) is 6.20. The molecule has 0 aliphatic heterocycles. The normalized spacial score (nSPS) is 15.4. The van der Waals surface area contributed by atoms with Crippen LogP contribution in [0.3, 0.4) is 0 Å². The Morgan fingerprint density at radius 2 is 1.78 bits per heavy atom. The molecule has 0 bridgehead atoms. The number of rotatable bonds is 5. The van der Waals surface area contributed by atoms with Gasteiger partial charge in [-0.25, -0.2) is 0 Å². The van der Waals surface area contributed by atoms with Crippen molar-refractivity contribution < 1.29 is 17.9 Å². The minimum absolute atomic E-state index is 0.266. The van der Waals surface area contributed by atoms with Crippen molar-refractivity contribution in [2.24, 2.45) is 11.7 Å². The standard InChI is InChI=1S/C13H18F3NO/c1-9(8-18-2)7-12(17)10-3-5-11(6-4-10)13(14,15)16/h3-6,9,12H,7-8,17H2,1-2H3. The lowest BCUT2D eigenvalue weighted by atomic mass is 9.96. The number of methoxy groups -OCH3 is 1. The lowest BCUT2D eigenvalue weighted by molar-refractivity contribution is -0.137. The fraction of sp³-hybridized carbons (Fsp3) is 0.538. The maximum absolute atomic E-state index is 12.4. The zero-order valence-corrected chi connectivity index (χ0v) is 10.5. The van der Waals surface area contributed by atoms with Crippen LogP contribution < -0.4 is 5.73 Å². The SMILES string of the molecule is COCC(C)CC(N)c1ccc(C(F)(F)F)cc1. The van der Waals surface area contributed by atoms with Crippen molar-refractivity contribution in [1.82, 2.24) is 0 Å². The van der Waals surface area contributed by atoms with Crippen LogP contribution in [0.4, 0.5) is 13.2 Å². The summed E-state index contributed by atoms with van der Waals surface area (Å²) >= 11 is 0. The number of halogens is 3. The van der Waals surface area contributed by atoms with Crippen molar-refractivity contribution in [3.63, 3.8) is 0 Å². The molecule has 0 spiro atoms. The largest absolute Gasteiger partial charge is 0.416 e. The van der Waals surface area contributed by atoms with Crippen molar-refractivity contribution in [3.05, 3.63) is 35.4 Å². The third-order valence-corrected chi connectivity index (χ3v) is 2.77. The lowest BCUT2D eigenvalue weighted by Gasteiger charge is -2.17. The molecule has 1 aromatic rings. The van der Waals surface area contributed by atoms with Gasteiger partial charge in [-0.15, -0.1) is 0 Å². The van der Waals surface area contributed by atoms with Crippen LogP contribution in [0, 0.1) is 5.92 Å². The van der Waals surface area contributed by atoms with Crippen molar-refractivity contribution in [2.75, 3.05) is 13.7 Å². The highest BCUT2D eigenvalue weighted by atomic mass is 19.4. The van der Waals surface area contributed by atoms with Gasteiger partial charge in [0.2, 0.25) is 0 Å². The first-order valence-corrected chi connectivity index (χ1v) is 5.76. The Hall–Kier alpha value is -1.07. The smallest absolute Gasteiger partial charge is 0.384 e. The van der Waals surface area contributed by atoms with Crippen LogP contribution in [0.1, 0.15) is 30.5 Å². The molecule has 2 unspecified atom stereocenters. The van der Waals surface area contributed by atoms with E-state index in [1.54, 1.807) is 7.11 Å². The second-order valence-corrected chi connectivity index (χ2v) is 4.52. The Morgan fingerprint density at radius 1 is 1.22 bits per heavy atom. The van der Waals surface area contributed by atoms with E-state index in [0.29, 0.717) is 18.6 Å². The summed E-state index contributed by atoms with van der Waals surface area (Å²) in [5.74, 6) is 0.271. The van der Waals surface area contributed by atoms with Gasteiger partial charge >= 0.3 is 6.18 Å². The van der Waals surface area contributed by atoms with Gasteiger partial charge in [0.15, 0.2) is 0 Å². The molecular formula is C13H18F3NO. The molecule has 102 valence electrons. The molecule has 0 radical (unpaired) electrons. The average molecular weight is 261 g/mol. The Balaban J connectivity index is 2.67. The first kappa shape index (κ1) is 15.0. The van der Waals surface area contributed by atoms with Gasteiger partial charge in [-0.1, -0.05) is 19.1 Å². The van der Waals surface area contributed by atoms with Crippen LogP contribution in [0.2, 0.25) is 0 Å². The van der Waals surface area contributed by atoms with Crippen LogP contribution >= 0.6 is 0 Å². The molecule has 2 N–H and O–H groups in total. The number of nitrogens with two attached hydrogens (primary N) is 1. The number of benzene rings is 1. The molecule has 18 heavy (non-hydrogen) atoms. The van der Waals surface area contributed by atoms with Crippen molar-refractivity contribution in [2.45, 2.75) is 25.6 Å². The van der Waals surface area contributed by atoms with Gasteiger partial charge in [0.25, 0.3) is 0 Å². The van der Waals surface area contributed by atoms with E-state index in [0.717, 1.165) is 12.1 Å². The van der Waals surface area contributed by atoms with Crippen molar-refractivity contribution in [1.29, 1.82) is 0 Å².